The lowest BCUT2D eigenvalue weighted by Crippen LogP contribution is -2.16. The van der Waals surface area contributed by atoms with E-state index in [9.17, 15) is 4.79 Å². The zero-order valence-electron chi connectivity index (χ0n) is 12.5. The minimum Gasteiger partial charge on any atom is -0.289 e. The van der Waals surface area contributed by atoms with E-state index < -0.39 is 0 Å². The smallest absolute Gasteiger partial charge is 0.280 e. The van der Waals surface area contributed by atoms with E-state index in [2.05, 4.69) is 30.8 Å². The summed E-state index contributed by atoms with van der Waals surface area (Å²) in [5.41, 5.74) is 3.27. The van der Waals surface area contributed by atoms with Crippen molar-refractivity contribution in [3.63, 3.8) is 0 Å². The van der Waals surface area contributed by atoms with Crippen LogP contribution in [0.2, 0.25) is 0 Å². The Morgan fingerprint density at radius 2 is 2.09 bits per heavy atom. The standard InChI is InChI=1S/C15H15N7O/c1-9-2-6-11(7-3-9)22-13(10-4-5-10)12(19-21-22)14(23)18-15-16-8-17-20-15/h2-3,6-8,10H,4-5H2,1H3,(H2,16,17,18,20,23). The van der Waals surface area contributed by atoms with Gasteiger partial charge < -0.3 is 0 Å². The SMILES string of the molecule is Cc1ccc(-n2nnc(C(=O)Nc3ncn[nH]3)c2C2CC2)cc1. The number of H-pyrrole nitrogens is 1. The van der Waals surface area contributed by atoms with E-state index in [1.165, 1.54) is 11.9 Å². The Labute approximate surface area is 131 Å². The van der Waals surface area contributed by atoms with Crippen LogP contribution < -0.4 is 5.32 Å². The van der Waals surface area contributed by atoms with Crippen LogP contribution in [0.5, 0.6) is 0 Å². The van der Waals surface area contributed by atoms with Crippen molar-refractivity contribution in [1.29, 1.82) is 0 Å². The Hall–Kier alpha value is -3.03. The minimum atomic E-state index is -0.331. The Kier molecular flexibility index (Phi) is 3.14. The van der Waals surface area contributed by atoms with Crippen LogP contribution in [0.1, 0.15) is 40.5 Å². The summed E-state index contributed by atoms with van der Waals surface area (Å²) in [7, 11) is 0. The van der Waals surface area contributed by atoms with Crippen molar-refractivity contribution in [3.05, 3.63) is 47.5 Å². The van der Waals surface area contributed by atoms with Crippen molar-refractivity contribution in [2.75, 3.05) is 5.32 Å². The molecule has 2 heterocycles. The second-order valence-corrected chi connectivity index (χ2v) is 5.63. The molecule has 3 aromatic rings. The molecule has 0 aliphatic heterocycles. The molecule has 2 N–H and O–H groups in total. The van der Waals surface area contributed by atoms with Crippen LogP contribution in [0.15, 0.2) is 30.6 Å². The van der Waals surface area contributed by atoms with Crippen LogP contribution in [0.3, 0.4) is 0 Å². The molecule has 4 rings (SSSR count). The fourth-order valence-corrected chi connectivity index (χ4v) is 2.48. The highest BCUT2D eigenvalue weighted by atomic mass is 16.2. The van der Waals surface area contributed by atoms with Gasteiger partial charge in [0.05, 0.1) is 11.4 Å². The van der Waals surface area contributed by atoms with Gasteiger partial charge in [0, 0.05) is 5.92 Å². The molecule has 1 amide bonds. The maximum absolute atomic E-state index is 12.4. The largest absolute Gasteiger partial charge is 0.289 e. The highest BCUT2D eigenvalue weighted by Gasteiger charge is 2.34. The van der Waals surface area contributed by atoms with Crippen molar-refractivity contribution < 1.29 is 4.79 Å². The molecule has 1 saturated carbocycles. The summed E-state index contributed by atoms with van der Waals surface area (Å²) >= 11 is 0. The molecule has 0 unspecified atom stereocenters. The van der Waals surface area contributed by atoms with Crippen molar-refractivity contribution in [1.82, 2.24) is 30.2 Å². The van der Waals surface area contributed by atoms with Crippen LogP contribution in [-0.2, 0) is 0 Å². The summed E-state index contributed by atoms with van der Waals surface area (Å²) in [4.78, 5) is 16.3. The van der Waals surface area contributed by atoms with E-state index in [1.807, 2.05) is 31.2 Å². The summed E-state index contributed by atoms with van der Waals surface area (Å²) < 4.78 is 1.76. The zero-order valence-corrected chi connectivity index (χ0v) is 12.5. The van der Waals surface area contributed by atoms with Gasteiger partial charge in [0.2, 0.25) is 5.95 Å². The third-order valence-corrected chi connectivity index (χ3v) is 3.81. The second-order valence-electron chi connectivity index (χ2n) is 5.63. The Morgan fingerprint density at radius 3 is 2.74 bits per heavy atom. The summed E-state index contributed by atoms with van der Waals surface area (Å²) in [5.74, 6) is 0.283. The van der Waals surface area contributed by atoms with Gasteiger partial charge in [0.1, 0.15) is 6.33 Å². The lowest BCUT2D eigenvalue weighted by atomic mass is 10.2. The molecule has 1 aliphatic rings. The molecule has 1 aromatic carbocycles. The van der Waals surface area contributed by atoms with Crippen LogP contribution in [0.25, 0.3) is 5.69 Å². The van der Waals surface area contributed by atoms with E-state index in [4.69, 9.17) is 0 Å². The van der Waals surface area contributed by atoms with Gasteiger partial charge in [0.25, 0.3) is 5.91 Å². The molecule has 0 spiro atoms. The molecule has 116 valence electrons. The van der Waals surface area contributed by atoms with E-state index in [0.29, 0.717) is 17.6 Å². The summed E-state index contributed by atoms with van der Waals surface area (Å²) in [6.45, 7) is 2.03. The molecule has 0 bridgehead atoms. The number of aromatic nitrogens is 6. The lowest BCUT2D eigenvalue weighted by Gasteiger charge is -2.07. The molecule has 8 heteroatoms. The monoisotopic (exact) mass is 309 g/mol. The van der Waals surface area contributed by atoms with Crippen LogP contribution in [0.4, 0.5) is 5.95 Å². The van der Waals surface area contributed by atoms with Crippen LogP contribution in [-0.4, -0.2) is 36.1 Å². The number of anilines is 1. The highest BCUT2D eigenvalue weighted by Crippen LogP contribution is 2.42. The maximum atomic E-state index is 12.4. The van der Waals surface area contributed by atoms with E-state index in [-0.39, 0.29) is 5.91 Å². The normalized spacial score (nSPS) is 14.0. The van der Waals surface area contributed by atoms with Gasteiger partial charge in [-0.15, -0.1) is 5.10 Å². The average molecular weight is 309 g/mol. The Balaban J connectivity index is 1.70. The van der Waals surface area contributed by atoms with Gasteiger partial charge in [-0.05, 0) is 31.9 Å². The third-order valence-electron chi connectivity index (χ3n) is 3.81. The number of hydrogen-bond donors (Lipinski definition) is 2. The number of benzene rings is 1. The van der Waals surface area contributed by atoms with Gasteiger partial charge in [-0.25, -0.2) is 9.78 Å². The quantitative estimate of drug-likeness (QED) is 0.765. The Bertz CT molecular complexity index is 831. The molecule has 0 radical (unpaired) electrons. The van der Waals surface area contributed by atoms with E-state index in [0.717, 1.165) is 24.2 Å². The van der Waals surface area contributed by atoms with Crippen LogP contribution >= 0.6 is 0 Å². The second kappa shape index (κ2) is 5.31. The number of aromatic amines is 1. The van der Waals surface area contributed by atoms with Crippen molar-refractivity contribution >= 4 is 11.9 Å². The number of nitrogens with one attached hydrogen (secondary N) is 2. The predicted molar refractivity (Wildman–Crippen MR) is 82.4 cm³/mol. The van der Waals surface area contributed by atoms with Crippen molar-refractivity contribution in [2.24, 2.45) is 0 Å². The minimum absolute atomic E-state index is 0.293. The first-order valence-corrected chi connectivity index (χ1v) is 7.42. The number of carbonyl (C=O) groups is 1. The summed E-state index contributed by atoms with van der Waals surface area (Å²) in [6.07, 6.45) is 3.42. The number of nitrogens with zero attached hydrogens (tertiary/aromatic N) is 5. The lowest BCUT2D eigenvalue weighted by molar-refractivity contribution is 0.102. The molecule has 23 heavy (non-hydrogen) atoms. The first-order valence-electron chi connectivity index (χ1n) is 7.42. The first kappa shape index (κ1) is 13.6. The number of amides is 1. The van der Waals surface area contributed by atoms with Gasteiger partial charge in [-0.2, -0.15) is 10.1 Å². The van der Waals surface area contributed by atoms with Gasteiger partial charge in [0.15, 0.2) is 5.69 Å². The number of hydrogen-bond acceptors (Lipinski definition) is 5. The number of aryl methyl sites for hydroxylation is 1. The van der Waals surface area contributed by atoms with E-state index in [1.54, 1.807) is 4.68 Å². The number of rotatable bonds is 4. The predicted octanol–water partition coefficient (Wildman–Crippen LogP) is 1.82. The van der Waals surface area contributed by atoms with Crippen LogP contribution in [0, 0.1) is 6.92 Å². The zero-order chi connectivity index (χ0) is 15.8. The number of carbonyl (C=O) groups excluding carboxylic acids is 1. The molecule has 0 atom stereocenters. The van der Waals surface area contributed by atoms with Gasteiger partial charge in [-0.3, -0.25) is 10.1 Å². The molecule has 1 fully saturated rings. The molecule has 8 nitrogen and oxygen atoms in total. The van der Waals surface area contributed by atoms with Gasteiger partial charge in [-0.1, -0.05) is 22.9 Å². The summed E-state index contributed by atoms with van der Waals surface area (Å²) in [5, 5.41) is 17.2. The molecular weight excluding hydrogens is 294 g/mol. The van der Waals surface area contributed by atoms with Crippen molar-refractivity contribution in [2.45, 2.75) is 25.7 Å². The third kappa shape index (κ3) is 2.59. The Morgan fingerprint density at radius 1 is 1.30 bits per heavy atom. The molecule has 2 aromatic heterocycles. The highest BCUT2D eigenvalue weighted by molar-refractivity contribution is 6.02. The maximum Gasteiger partial charge on any atom is 0.280 e. The fraction of sp³-hybridized carbons (Fsp3) is 0.267. The first-order chi connectivity index (χ1) is 11.2. The molecule has 1 aliphatic carbocycles. The van der Waals surface area contributed by atoms with Crippen molar-refractivity contribution in [3.8, 4) is 5.69 Å². The molecule has 0 saturated heterocycles. The van der Waals surface area contributed by atoms with Gasteiger partial charge >= 0.3 is 0 Å². The average Bonchev–Trinajstić information content (AvgIpc) is 3.08. The topological polar surface area (TPSA) is 101 Å². The fourth-order valence-electron chi connectivity index (χ4n) is 2.48. The summed E-state index contributed by atoms with van der Waals surface area (Å²) in [6, 6.07) is 7.99. The van der Waals surface area contributed by atoms with E-state index >= 15 is 0 Å². The molecular formula is C15H15N7O.